The van der Waals surface area contributed by atoms with Crippen molar-refractivity contribution < 1.29 is 18.7 Å². The summed E-state index contributed by atoms with van der Waals surface area (Å²) in [5.41, 5.74) is 2.40. The zero-order chi connectivity index (χ0) is 21.4. The van der Waals surface area contributed by atoms with Crippen LogP contribution in [0.25, 0.3) is 11.0 Å². The Morgan fingerprint density at radius 1 is 1.07 bits per heavy atom. The second-order valence-corrected chi connectivity index (χ2v) is 7.42. The summed E-state index contributed by atoms with van der Waals surface area (Å²) >= 11 is 0. The normalized spacial score (nSPS) is 15.5. The van der Waals surface area contributed by atoms with Gasteiger partial charge in [-0.2, -0.15) is 0 Å². The molecule has 0 fully saturated rings. The lowest BCUT2D eigenvalue weighted by atomic mass is 9.97. The third-order valence-electron chi connectivity index (χ3n) is 5.39. The maximum Gasteiger partial charge on any atom is 0.290 e. The molecule has 3 aromatic rings. The highest BCUT2D eigenvalue weighted by Gasteiger charge is 2.42. The summed E-state index contributed by atoms with van der Waals surface area (Å²) in [4.78, 5) is 28.4. The monoisotopic (exact) mass is 407 g/mol. The maximum absolute atomic E-state index is 13.5. The van der Waals surface area contributed by atoms with E-state index in [-0.39, 0.29) is 17.1 Å². The lowest BCUT2D eigenvalue weighted by Crippen LogP contribution is -2.30. The van der Waals surface area contributed by atoms with Crippen LogP contribution >= 0.6 is 0 Å². The zero-order valence-corrected chi connectivity index (χ0v) is 17.7. The molecule has 0 bridgehead atoms. The van der Waals surface area contributed by atoms with Gasteiger partial charge in [0, 0.05) is 6.54 Å². The van der Waals surface area contributed by atoms with E-state index in [1.807, 2.05) is 51.1 Å². The van der Waals surface area contributed by atoms with Crippen molar-refractivity contribution in [2.24, 2.45) is 0 Å². The van der Waals surface area contributed by atoms with Crippen molar-refractivity contribution in [3.63, 3.8) is 0 Å². The molecule has 0 aliphatic carbocycles. The van der Waals surface area contributed by atoms with Gasteiger partial charge in [-0.15, -0.1) is 0 Å². The molecule has 4 rings (SSSR count). The molecule has 0 N–H and O–H groups in total. The molecule has 2 aromatic carbocycles. The number of carbonyl (C=O) groups is 1. The van der Waals surface area contributed by atoms with E-state index in [0.29, 0.717) is 41.2 Å². The number of carbonyl (C=O) groups excluding carboxylic acids is 1. The molecule has 0 saturated carbocycles. The fraction of sp³-hybridized carbons (Fsp3) is 0.333. The number of hydrogen-bond acceptors (Lipinski definition) is 5. The second-order valence-electron chi connectivity index (χ2n) is 7.42. The summed E-state index contributed by atoms with van der Waals surface area (Å²) < 4.78 is 17.1. The minimum Gasteiger partial charge on any atom is -0.493 e. The van der Waals surface area contributed by atoms with Crippen molar-refractivity contribution in [2.45, 2.75) is 33.2 Å². The van der Waals surface area contributed by atoms with Crippen molar-refractivity contribution in [2.75, 3.05) is 20.3 Å². The van der Waals surface area contributed by atoms with Crippen molar-refractivity contribution >= 4 is 16.9 Å². The highest BCUT2D eigenvalue weighted by Crippen LogP contribution is 2.41. The average Bonchev–Trinajstić information content (AvgIpc) is 3.02. The molecule has 6 nitrogen and oxygen atoms in total. The third-order valence-corrected chi connectivity index (χ3v) is 5.39. The maximum atomic E-state index is 13.5. The van der Waals surface area contributed by atoms with Crippen LogP contribution in [0.15, 0.2) is 45.6 Å². The van der Waals surface area contributed by atoms with Gasteiger partial charge in [-0.3, -0.25) is 9.59 Å². The molecule has 1 aliphatic rings. The number of amides is 1. The number of benzene rings is 2. The lowest BCUT2D eigenvalue weighted by molar-refractivity contribution is 0.0728. The zero-order valence-electron chi connectivity index (χ0n) is 17.7. The Morgan fingerprint density at radius 2 is 1.87 bits per heavy atom. The fourth-order valence-electron chi connectivity index (χ4n) is 4.08. The van der Waals surface area contributed by atoms with Gasteiger partial charge in [0.05, 0.1) is 30.7 Å². The molecular weight excluding hydrogens is 382 g/mol. The number of ether oxygens (including phenoxy) is 2. The summed E-state index contributed by atoms with van der Waals surface area (Å²) in [6, 6.07) is 10.4. The predicted octanol–water partition coefficient (Wildman–Crippen LogP) is 4.46. The van der Waals surface area contributed by atoms with Crippen LogP contribution in [-0.2, 0) is 0 Å². The summed E-state index contributed by atoms with van der Waals surface area (Å²) in [5, 5.41) is 0.489. The number of aryl methyl sites for hydroxylation is 1. The van der Waals surface area contributed by atoms with Crippen molar-refractivity contribution in [3.8, 4) is 11.5 Å². The van der Waals surface area contributed by atoms with Gasteiger partial charge < -0.3 is 18.8 Å². The number of hydrogen-bond donors (Lipinski definition) is 0. The standard InChI is InChI=1S/C24H25NO5/c1-5-11-25-21(15-8-10-18(29-6-2)19(13-15)28-4)20-22(26)16-12-14(3)7-9-17(16)30-23(20)24(25)27/h7-10,12-13,21H,5-6,11H2,1-4H3/t21-/m1/s1. The van der Waals surface area contributed by atoms with Crippen LogP contribution in [0.1, 0.15) is 53.6 Å². The van der Waals surface area contributed by atoms with Crippen molar-refractivity contribution in [1.29, 1.82) is 0 Å². The Balaban J connectivity index is 1.95. The number of rotatable bonds is 6. The first-order valence-corrected chi connectivity index (χ1v) is 10.2. The van der Waals surface area contributed by atoms with Crippen LogP contribution in [0.4, 0.5) is 0 Å². The minimum absolute atomic E-state index is 0.127. The van der Waals surface area contributed by atoms with Crippen molar-refractivity contribution in [1.82, 2.24) is 4.90 Å². The fourth-order valence-corrected chi connectivity index (χ4v) is 4.08. The molecule has 0 radical (unpaired) electrons. The number of methoxy groups -OCH3 is 1. The van der Waals surface area contributed by atoms with Crippen LogP contribution < -0.4 is 14.9 Å². The summed E-state index contributed by atoms with van der Waals surface area (Å²) in [6.07, 6.45) is 0.761. The van der Waals surface area contributed by atoms with Crippen LogP contribution in [0.3, 0.4) is 0 Å². The highest BCUT2D eigenvalue weighted by atomic mass is 16.5. The SMILES string of the molecule is CCCN1C(=O)c2oc3ccc(C)cc3c(=O)c2[C@H]1c1ccc(OCC)c(OC)c1. The molecule has 0 saturated heterocycles. The van der Waals surface area contributed by atoms with E-state index in [9.17, 15) is 9.59 Å². The van der Waals surface area contributed by atoms with Gasteiger partial charge in [-0.25, -0.2) is 0 Å². The highest BCUT2D eigenvalue weighted by molar-refractivity contribution is 5.99. The Hall–Kier alpha value is -3.28. The van der Waals surface area contributed by atoms with E-state index in [2.05, 4.69) is 0 Å². The van der Waals surface area contributed by atoms with Crippen LogP contribution in [0, 0.1) is 6.92 Å². The molecule has 1 atom stereocenters. The number of nitrogens with zero attached hydrogens (tertiary/aromatic N) is 1. The van der Waals surface area contributed by atoms with E-state index < -0.39 is 6.04 Å². The first kappa shape index (κ1) is 20.0. The van der Waals surface area contributed by atoms with Crippen LogP contribution in [-0.4, -0.2) is 31.1 Å². The predicted molar refractivity (Wildman–Crippen MR) is 115 cm³/mol. The molecule has 0 unspecified atom stereocenters. The first-order chi connectivity index (χ1) is 14.5. The van der Waals surface area contributed by atoms with Gasteiger partial charge in [0.1, 0.15) is 5.58 Å². The molecular formula is C24H25NO5. The van der Waals surface area contributed by atoms with Crippen molar-refractivity contribution in [3.05, 3.63) is 69.1 Å². The van der Waals surface area contributed by atoms with E-state index >= 15 is 0 Å². The van der Waals surface area contributed by atoms with Gasteiger partial charge in [0.2, 0.25) is 5.76 Å². The van der Waals surface area contributed by atoms with Crippen LogP contribution in [0.2, 0.25) is 0 Å². The Labute approximate surface area is 175 Å². The Kier molecular flexibility index (Phi) is 5.24. The second kappa shape index (κ2) is 7.86. The first-order valence-electron chi connectivity index (χ1n) is 10.2. The third kappa shape index (κ3) is 3.12. The number of fused-ring (bicyclic) bond motifs is 2. The molecule has 156 valence electrons. The molecule has 0 spiro atoms. The molecule has 1 amide bonds. The van der Waals surface area contributed by atoms with Crippen LogP contribution in [0.5, 0.6) is 11.5 Å². The van der Waals surface area contributed by atoms with Gasteiger partial charge >= 0.3 is 0 Å². The summed E-state index contributed by atoms with van der Waals surface area (Å²) in [5.74, 6) is 1.05. The quantitative estimate of drug-likeness (QED) is 0.603. The Bertz CT molecular complexity index is 1180. The van der Waals surface area contributed by atoms with Gasteiger partial charge in [-0.05, 0) is 50.1 Å². The molecule has 1 aliphatic heterocycles. The topological polar surface area (TPSA) is 69.0 Å². The van der Waals surface area contributed by atoms with Gasteiger partial charge in [0.15, 0.2) is 16.9 Å². The summed E-state index contributed by atoms with van der Waals surface area (Å²) in [6.45, 7) is 6.85. The summed E-state index contributed by atoms with van der Waals surface area (Å²) in [7, 11) is 1.57. The Morgan fingerprint density at radius 3 is 2.57 bits per heavy atom. The largest absolute Gasteiger partial charge is 0.493 e. The molecule has 6 heteroatoms. The molecule has 1 aromatic heterocycles. The van der Waals surface area contributed by atoms with Gasteiger partial charge in [0.25, 0.3) is 5.91 Å². The van der Waals surface area contributed by atoms with E-state index in [1.165, 1.54) is 0 Å². The smallest absolute Gasteiger partial charge is 0.290 e. The minimum atomic E-state index is -0.529. The van der Waals surface area contributed by atoms with E-state index in [0.717, 1.165) is 17.5 Å². The van der Waals surface area contributed by atoms with E-state index in [1.54, 1.807) is 18.1 Å². The average molecular weight is 407 g/mol. The molecule has 30 heavy (non-hydrogen) atoms. The lowest BCUT2D eigenvalue weighted by Gasteiger charge is -2.25. The van der Waals surface area contributed by atoms with E-state index in [4.69, 9.17) is 13.9 Å². The molecule has 2 heterocycles. The van der Waals surface area contributed by atoms with Gasteiger partial charge in [-0.1, -0.05) is 24.6 Å².